The fraction of sp³-hybridized carbons (Fsp3) is 0.310. The number of nitrogens with zero attached hydrogens (tertiary/aromatic N) is 5. The Morgan fingerprint density at radius 1 is 1.02 bits per heavy atom. The third kappa shape index (κ3) is 6.74. The van der Waals surface area contributed by atoms with Crippen molar-refractivity contribution in [2.24, 2.45) is 7.05 Å². The molecular weight excluding hydrogens is 548 g/mol. The number of likely N-dealkylation sites (N-methyl/N-ethyl adjacent to an activating group) is 2. The molecule has 0 aliphatic rings. The first-order valence-corrected chi connectivity index (χ1v) is 13.1. The first-order chi connectivity index (χ1) is 20.0. The Kier molecular flexibility index (Phi) is 9.21. The Labute approximate surface area is 241 Å². The van der Waals surface area contributed by atoms with Crippen LogP contribution >= 0.6 is 0 Å². The first kappa shape index (κ1) is 30.2. The minimum atomic E-state index is -0.939. The molecule has 0 radical (unpaired) electrons. The molecule has 2 aromatic heterocycles. The van der Waals surface area contributed by atoms with E-state index >= 15 is 0 Å². The quantitative estimate of drug-likeness (QED) is 0.264. The molecule has 1 amide bonds. The van der Waals surface area contributed by atoms with E-state index in [1.807, 2.05) is 32.1 Å². The van der Waals surface area contributed by atoms with Crippen LogP contribution in [0.1, 0.15) is 13.3 Å². The molecule has 0 saturated heterocycles. The summed E-state index contributed by atoms with van der Waals surface area (Å²) < 4.78 is 39.7. The molecule has 0 unspecified atom stereocenters. The lowest BCUT2D eigenvalue weighted by Crippen LogP contribution is -2.29. The molecular formula is C29H33F2N7O4. The van der Waals surface area contributed by atoms with Gasteiger partial charge in [0.1, 0.15) is 17.2 Å². The zero-order chi connectivity index (χ0) is 30.6. The van der Waals surface area contributed by atoms with E-state index in [1.54, 1.807) is 13.0 Å². The Morgan fingerprint density at radius 2 is 1.79 bits per heavy atom. The van der Waals surface area contributed by atoms with Crippen molar-refractivity contribution in [3.05, 3.63) is 64.6 Å². The number of pyridine rings is 1. The number of carbonyl (C=O) groups excluding carboxylic acids is 1. The Bertz CT molecular complexity index is 1680. The molecule has 0 bridgehead atoms. The predicted molar refractivity (Wildman–Crippen MR) is 158 cm³/mol. The van der Waals surface area contributed by atoms with Crippen LogP contribution in [0.2, 0.25) is 0 Å². The van der Waals surface area contributed by atoms with Gasteiger partial charge in [-0.15, -0.1) is 0 Å². The number of benzene rings is 2. The number of carbonyl (C=O) groups is 1. The van der Waals surface area contributed by atoms with Gasteiger partial charge in [0.2, 0.25) is 11.9 Å². The van der Waals surface area contributed by atoms with Crippen LogP contribution in [0.4, 0.5) is 31.8 Å². The maximum atomic E-state index is 14.1. The van der Waals surface area contributed by atoms with Gasteiger partial charge in [0.25, 0.3) is 5.56 Å². The summed E-state index contributed by atoms with van der Waals surface area (Å²) in [5, 5.41) is 6.51. The van der Waals surface area contributed by atoms with Crippen molar-refractivity contribution in [2.45, 2.75) is 13.3 Å². The highest BCUT2D eigenvalue weighted by atomic mass is 19.1. The van der Waals surface area contributed by atoms with Crippen molar-refractivity contribution in [1.82, 2.24) is 19.4 Å². The zero-order valence-electron chi connectivity index (χ0n) is 24.3. The normalized spacial score (nSPS) is 11.1. The second kappa shape index (κ2) is 12.8. The summed E-state index contributed by atoms with van der Waals surface area (Å²) in [6.07, 6.45) is 1.78. The highest BCUT2D eigenvalue weighted by Crippen LogP contribution is 2.38. The average Bonchev–Trinajstić information content (AvgIpc) is 2.96. The van der Waals surface area contributed by atoms with Crippen LogP contribution in [0.25, 0.3) is 11.0 Å². The summed E-state index contributed by atoms with van der Waals surface area (Å²) in [6.45, 7) is 3.28. The Morgan fingerprint density at radius 3 is 2.45 bits per heavy atom. The van der Waals surface area contributed by atoms with E-state index in [-0.39, 0.29) is 29.0 Å². The minimum absolute atomic E-state index is 0.149. The third-order valence-electron chi connectivity index (χ3n) is 6.48. The van der Waals surface area contributed by atoms with Crippen molar-refractivity contribution in [2.75, 3.05) is 56.9 Å². The van der Waals surface area contributed by atoms with Gasteiger partial charge in [-0.3, -0.25) is 14.2 Å². The Balaban J connectivity index is 1.69. The predicted octanol–water partition coefficient (Wildman–Crippen LogP) is 4.50. The van der Waals surface area contributed by atoms with Crippen molar-refractivity contribution < 1.29 is 23.0 Å². The van der Waals surface area contributed by atoms with Gasteiger partial charge in [-0.05, 0) is 38.4 Å². The van der Waals surface area contributed by atoms with Gasteiger partial charge in [-0.1, -0.05) is 6.92 Å². The lowest BCUT2D eigenvalue weighted by molar-refractivity contribution is -0.115. The van der Waals surface area contributed by atoms with Crippen molar-refractivity contribution in [3.63, 3.8) is 0 Å². The number of rotatable bonds is 11. The van der Waals surface area contributed by atoms with E-state index < -0.39 is 17.2 Å². The van der Waals surface area contributed by atoms with Gasteiger partial charge in [0.05, 0.1) is 24.2 Å². The standard InChI is InChI=1S/C29H33F2N7O4/c1-7-26(39)33-20-14-21(24(41-6)15-22(20)37(4)11-10-36(2)3)34-29-32-16-17-12-25(28(40)38(5)27(17)35-29)42-23-9-8-18(30)13-19(23)31/h8-9,12-16H,7,10-11H2,1-6H3,(H,33,39)(H,32,34,35). The van der Waals surface area contributed by atoms with Crippen LogP contribution in [0.5, 0.6) is 17.2 Å². The molecule has 4 rings (SSSR count). The van der Waals surface area contributed by atoms with Gasteiger partial charge < -0.3 is 29.9 Å². The van der Waals surface area contributed by atoms with Crippen LogP contribution in [0.15, 0.2) is 47.4 Å². The zero-order valence-corrected chi connectivity index (χ0v) is 24.3. The summed E-state index contributed by atoms with van der Waals surface area (Å²) in [4.78, 5) is 38.3. The summed E-state index contributed by atoms with van der Waals surface area (Å²) in [6, 6.07) is 7.76. The number of hydrogen-bond donors (Lipinski definition) is 2. The molecule has 42 heavy (non-hydrogen) atoms. The summed E-state index contributed by atoms with van der Waals surface area (Å²) in [7, 11) is 8.93. The van der Waals surface area contributed by atoms with Gasteiger partial charge in [0.15, 0.2) is 17.3 Å². The number of aromatic nitrogens is 3. The van der Waals surface area contributed by atoms with E-state index in [2.05, 4.69) is 25.5 Å². The molecule has 13 heteroatoms. The number of aryl methyl sites for hydroxylation is 1. The maximum absolute atomic E-state index is 14.1. The average molecular weight is 582 g/mol. The van der Waals surface area contributed by atoms with Crippen molar-refractivity contribution in [3.8, 4) is 17.2 Å². The summed E-state index contributed by atoms with van der Waals surface area (Å²) >= 11 is 0. The fourth-order valence-electron chi connectivity index (χ4n) is 4.11. The lowest BCUT2D eigenvalue weighted by Gasteiger charge is -2.26. The molecule has 0 saturated carbocycles. The molecule has 0 atom stereocenters. The van der Waals surface area contributed by atoms with Crippen LogP contribution in [0.3, 0.4) is 0 Å². The van der Waals surface area contributed by atoms with Crippen LogP contribution < -0.4 is 30.6 Å². The van der Waals surface area contributed by atoms with E-state index in [0.29, 0.717) is 41.5 Å². The molecule has 11 nitrogen and oxygen atoms in total. The molecule has 0 aliphatic heterocycles. The molecule has 222 valence electrons. The number of halogens is 2. The van der Waals surface area contributed by atoms with E-state index in [1.165, 1.54) is 31.0 Å². The van der Waals surface area contributed by atoms with Crippen molar-refractivity contribution >= 4 is 40.0 Å². The summed E-state index contributed by atoms with van der Waals surface area (Å²) in [5.41, 5.74) is 1.54. The summed E-state index contributed by atoms with van der Waals surface area (Å²) in [5.74, 6) is -1.67. The molecule has 2 heterocycles. The molecule has 4 aromatic rings. The Hall–Kier alpha value is -4.78. The lowest BCUT2D eigenvalue weighted by atomic mass is 10.2. The van der Waals surface area contributed by atoms with Gasteiger partial charge >= 0.3 is 0 Å². The number of methoxy groups -OCH3 is 1. The highest BCUT2D eigenvalue weighted by molar-refractivity contribution is 5.96. The number of ether oxygens (including phenoxy) is 2. The number of anilines is 4. The first-order valence-electron chi connectivity index (χ1n) is 13.1. The monoisotopic (exact) mass is 581 g/mol. The number of fused-ring (bicyclic) bond motifs is 1. The second-order valence-corrected chi connectivity index (χ2v) is 9.84. The number of amides is 1. The topological polar surface area (TPSA) is 114 Å². The molecule has 2 aromatic carbocycles. The van der Waals surface area contributed by atoms with E-state index in [4.69, 9.17) is 9.47 Å². The van der Waals surface area contributed by atoms with Gasteiger partial charge in [-0.25, -0.2) is 13.8 Å². The van der Waals surface area contributed by atoms with Gasteiger partial charge in [-0.2, -0.15) is 4.98 Å². The van der Waals surface area contributed by atoms with Crippen LogP contribution in [-0.4, -0.2) is 66.7 Å². The minimum Gasteiger partial charge on any atom is -0.494 e. The fourth-order valence-corrected chi connectivity index (χ4v) is 4.11. The third-order valence-corrected chi connectivity index (χ3v) is 6.48. The number of hydrogen-bond acceptors (Lipinski definition) is 9. The molecule has 0 aliphatic carbocycles. The van der Waals surface area contributed by atoms with Crippen LogP contribution in [-0.2, 0) is 11.8 Å². The van der Waals surface area contributed by atoms with Gasteiger partial charge in [0, 0.05) is 57.3 Å². The SMILES string of the molecule is CCC(=O)Nc1cc(Nc2ncc3cc(Oc4ccc(F)cc4F)c(=O)n(C)c3n2)c(OC)cc1N(C)CCN(C)C. The highest BCUT2D eigenvalue weighted by Gasteiger charge is 2.18. The molecule has 0 fully saturated rings. The van der Waals surface area contributed by atoms with Crippen molar-refractivity contribution in [1.29, 1.82) is 0 Å². The van der Waals surface area contributed by atoms with Crippen LogP contribution in [0, 0.1) is 11.6 Å². The second-order valence-electron chi connectivity index (χ2n) is 9.84. The number of nitrogens with one attached hydrogen (secondary N) is 2. The van der Waals surface area contributed by atoms with E-state index in [9.17, 15) is 18.4 Å². The molecule has 0 spiro atoms. The maximum Gasteiger partial charge on any atom is 0.294 e. The van der Waals surface area contributed by atoms with E-state index in [0.717, 1.165) is 24.4 Å². The smallest absolute Gasteiger partial charge is 0.294 e. The largest absolute Gasteiger partial charge is 0.494 e. The molecule has 2 N–H and O–H groups in total.